The maximum atomic E-state index is 13.1. The van der Waals surface area contributed by atoms with Crippen molar-refractivity contribution in [2.24, 2.45) is 28.5 Å². The van der Waals surface area contributed by atoms with Crippen LogP contribution < -0.4 is 22.5 Å². The number of amides is 2. The predicted octanol–water partition coefficient (Wildman–Crippen LogP) is -0.176. The van der Waals surface area contributed by atoms with Gasteiger partial charge in [0.25, 0.3) is 11.8 Å². The van der Waals surface area contributed by atoms with Crippen LogP contribution in [0.25, 0.3) is 0 Å². The van der Waals surface area contributed by atoms with Crippen molar-refractivity contribution in [3.05, 3.63) is 22.8 Å². The number of carbonyl (C=O) groups excluding carboxylic acids is 6. The number of rotatable bonds is 16. The molecule has 0 aromatic carbocycles. The lowest BCUT2D eigenvalue weighted by atomic mass is 10.0. The molecular formula is C29H41N7O12S2. The lowest BCUT2D eigenvalue weighted by molar-refractivity contribution is -0.173. The molecule has 21 heteroatoms. The maximum Gasteiger partial charge on any atom is 0.511 e. The molecule has 0 aliphatic carbocycles. The zero-order valence-corrected chi connectivity index (χ0v) is 29.8. The van der Waals surface area contributed by atoms with Gasteiger partial charge < -0.3 is 51.0 Å². The first-order valence-corrected chi connectivity index (χ1v) is 17.2. The zero-order valence-electron chi connectivity index (χ0n) is 28.2. The van der Waals surface area contributed by atoms with Crippen LogP contribution in [-0.2, 0) is 52.5 Å². The molecule has 5 atom stereocenters. The third-order valence-corrected chi connectivity index (χ3v) is 8.96. The summed E-state index contributed by atoms with van der Waals surface area (Å²) >= 11 is 2.36. The SMILES string of the molecule is CON=C(C(=O)N[C@@H]1C(=O)N2C(C(=O)OC(C)OC(=O)OC(COC(=O)[C@@H](N)C(C)C)COC(=O)[C@@H](N)C(C)C)=CCS[C@H]12)c1csc(N)n1. The summed E-state index contributed by atoms with van der Waals surface area (Å²) in [5.74, 6) is -4.12. The summed E-state index contributed by atoms with van der Waals surface area (Å²) in [7, 11) is 1.24. The van der Waals surface area contributed by atoms with Gasteiger partial charge in [-0.3, -0.25) is 24.1 Å². The number of hydrogen-bond donors (Lipinski definition) is 4. The van der Waals surface area contributed by atoms with Crippen LogP contribution in [0.3, 0.4) is 0 Å². The van der Waals surface area contributed by atoms with Gasteiger partial charge in [0.15, 0.2) is 16.9 Å². The van der Waals surface area contributed by atoms with Crippen molar-refractivity contribution in [3.8, 4) is 0 Å². The number of aromatic nitrogens is 1. The number of thiazole rings is 1. The first-order chi connectivity index (χ1) is 23.5. The Morgan fingerprint density at radius 3 is 2.12 bits per heavy atom. The second-order valence-electron chi connectivity index (χ2n) is 11.5. The fraction of sp³-hybridized carbons (Fsp3) is 0.586. The zero-order chi connectivity index (χ0) is 37.3. The first-order valence-electron chi connectivity index (χ1n) is 15.3. The van der Waals surface area contributed by atoms with Crippen molar-refractivity contribution in [3.63, 3.8) is 0 Å². The van der Waals surface area contributed by atoms with Crippen LogP contribution in [0.5, 0.6) is 0 Å². The standard InChI is InChI=1S/C29H41N7O12S2/c1-12(2)18(30)26(40)44-9-15(10-45-27(41)19(31)13(3)4)48-29(42)47-14(5)46-25(39)17-7-8-49-24-21(23(38)36(17)24)34-22(37)20(35-43-6)16-11-50-28(32)33-16/h7,11-15,18-19,21,24H,8-10,30-31H2,1-6H3,(H2,32,33)(H,34,37)/t14?,18-,19-,21+,24+/m0/s1. The van der Waals surface area contributed by atoms with E-state index >= 15 is 0 Å². The average Bonchev–Trinajstić information content (AvgIpc) is 3.50. The van der Waals surface area contributed by atoms with E-state index in [1.165, 1.54) is 37.3 Å². The Hall–Kier alpha value is -4.47. The number of β-lactam (4-membered cyclic amide) rings is 1. The fourth-order valence-corrected chi connectivity index (χ4v) is 5.91. The number of anilines is 1. The van der Waals surface area contributed by atoms with E-state index in [1.54, 1.807) is 27.7 Å². The smallest absolute Gasteiger partial charge is 0.460 e. The lowest BCUT2D eigenvalue weighted by Gasteiger charge is -2.48. The summed E-state index contributed by atoms with van der Waals surface area (Å²) in [5, 5.41) is 7.32. The summed E-state index contributed by atoms with van der Waals surface area (Å²) in [6.07, 6.45) is -2.76. The number of nitrogen functional groups attached to an aromatic ring is 1. The second kappa shape index (κ2) is 18.0. The van der Waals surface area contributed by atoms with E-state index < -0.39 is 85.0 Å². The molecule has 1 unspecified atom stereocenters. The number of thioether (sulfide) groups is 1. The molecule has 1 fully saturated rings. The molecule has 0 spiro atoms. The van der Waals surface area contributed by atoms with Gasteiger partial charge in [-0.05, 0) is 17.9 Å². The first kappa shape index (κ1) is 40.0. The molecule has 19 nitrogen and oxygen atoms in total. The van der Waals surface area contributed by atoms with E-state index in [-0.39, 0.29) is 39.8 Å². The Balaban J connectivity index is 1.57. The van der Waals surface area contributed by atoms with Gasteiger partial charge in [-0.15, -0.1) is 23.1 Å². The molecule has 1 aromatic rings. The number of esters is 3. The number of nitrogens with zero attached hydrogens (tertiary/aromatic N) is 3. The molecule has 0 bridgehead atoms. The summed E-state index contributed by atoms with van der Waals surface area (Å²) in [6, 6.07) is -2.93. The van der Waals surface area contributed by atoms with Crippen molar-refractivity contribution in [1.29, 1.82) is 0 Å². The maximum absolute atomic E-state index is 13.1. The summed E-state index contributed by atoms with van der Waals surface area (Å²) in [5.41, 5.74) is 17.1. The summed E-state index contributed by atoms with van der Waals surface area (Å²) < 4.78 is 25.7. The van der Waals surface area contributed by atoms with Gasteiger partial charge in [0, 0.05) is 18.1 Å². The Morgan fingerprint density at radius 2 is 1.60 bits per heavy atom. The number of carbonyl (C=O) groups is 6. The van der Waals surface area contributed by atoms with E-state index in [2.05, 4.69) is 15.5 Å². The van der Waals surface area contributed by atoms with E-state index in [4.69, 9.17) is 45.7 Å². The number of ether oxygens (including phenoxy) is 5. The van der Waals surface area contributed by atoms with E-state index in [0.29, 0.717) is 0 Å². The molecule has 0 radical (unpaired) electrons. The highest BCUT2D eigenvalue weighted by Gasteiger charge is 2.53. The normalized spacial score (nSPS) is 19.0. The van der Waals surface area contributed by atoms with E-state index in [1.807, 2.05) is 0 Å². The summed E-state index contributed by atoms with van der Waals surface area (Å²) in [6.45, 7) is 6.99. The molecule has 3 rings (SSSR count). The minimum atomic E-state index is -1.52. The predicted molar refractivity (Wildman–Crippen MR) is 178 cm³/mol. The number of nitrogens with two attached hydrogens (primary N) is 3. The van der Waals surface area contributed by atoms with Gasteiger partial charge in [-0.1, -0.05) is 32.9 Å². The molecule has 1 saturated heterocycles. The Kier molecular flexibility index (Phi) is 14.4. The highest BCUT2D eigenvalue weighted by molar-refractivity contribution is 8.00. The van der Waals surface area contributed by atoms with E-state index in [0.717, 1.165) is 16.2 Å². The number of oxime groups is 1. The van der Waals surface area contributed by atoms with Gasteiger partial charge in [-0.2, -0.15) is 0 Å². The molecule has 50 heavy (non-hydrogen) atoms. The molecule has 2 aliphatic rings. The van der Waals surface area contributed by atoms with Crippen LogP contribution in [0.4, 0.5) is 9.93 Å². The molecule has 7 N–H and O–H groups in total. The quantitative estimate of drug-likeness (QED) is 0.0427. The topological polar surface area (TPSA) is 276 Å². The van der Waals surface area contributed by atoms with Gasteiger partial charge in [0.2, 0.25) is 6.29 Å². The third kappa shape index (κ3) is 10.3. The van der Waals surface area contributed by atoms with Crippen LogP contribution in [0, 0.1) is 11.8 Å². The highest BCUT2D eigenvalue weighted by atomic mass is 32.2. The number of hydrogen-bond acceptors (Lipinski definition) is 19. The minimum absolute atomic E-state index is 0.134. The van der Waals surface area contributed by atoms with Gasteiger partial charge in [-0.25, -0.2) is 14.6 Å². The van der Waals surface area contributed by atoms with Crippen LogP contribution in [0.15, 0.2) is 22.3 Å². The van der Waals surface area contributed by atoms with Gasteiger partial charge in [0.1, 0.15) is 55.2 Å². The van der Waals surface area contributed by atoms with Crippen LogP contribution in [-0.4, -0.2) is 113 Å². The molecule has 276 valence electrons. The summed E-state index contributed by atoms with van der Waals surface area (Å²) in [4.78, 5) is 86.1. The molecule has 2 amide bonds. The second-order valence-corrected chi connectivity index (χ2v) is 13.6. The largest absolute Gasteiger partial charge is 0.511 e. The Morgan fingerprint density at radius 1 is 1.00 bits per heavy atom. The Bertz CT molecular complexity index is 1470. The van der Waals surface area contributed by atoms with Crippen molar-refractivity contribution in [1.82, 2.24) is 15.2 Å². The van der Waals surface area contributed by atoms with Gasteiger partial charge in [0.05, 0.1) is 0 Å². The monoisotopic (exact) mass is 743 g/mol. The highest BCUT2D eigenvalue weighted by Crippen LogP contribution is 2.38. The van der Waals surface area contributed by atoms with Gasteiger partial charge >= 0.3 is 24.1 Å². The van der Waals surface area contributed by atoms with Crippen molar-refractivity contribution < 1.29 is 57.3 Å². The van der Waals surface area contributed by atoms with E-state index in [9.17, 15) is 28.8 Å². The minimum Gasteiger partial charge on any atom is -0.460 e. The molecule has 2 aliphatic heterocycles. The Labute approximate surface area is 295 Å². The third-order valence-electron chi connectivity index (χ3n) is 7.11. The lowest BCUT2D eigenvalue weighted by Crippen LogP contribution is -2.70. The molecule has 3 heterocycles. The number of nitrogens with one attached hydrogen (secondary N) is 1. The van der Waals surface area contributed by atoms with Crippen molar-refractivity contribution >= 4 is 69.8 Å². The van der Waals surface area contributed by atoms with Crippen LogP contribution in [0.2, 0.25) is 0 Å². The fourth-order valence-electron chi connectivity index (χ4n) is 4.17. The molecule has 1 aromatic heterocycles. The molecule has 0 saturated carbocycles. The molecular weight excluding hydrogens is 702 g/mol. The van der Waals surface area contributed by atoms with Crippen molar-refractivity contribution in [2.75, 3.05) is 31.8 Å². The van der Waals surface area contributed by atoms with Crippen LogP contribution >= 0.6 is 23.1 Å². The van der Waals surface area contributed by atoms with Crippen LogP contribution in [0.1, 0.15) is 40.3 Å². The van der Waals surface area contributed by atoms with Crippen molar-refractivity contribution in [2.45, 2.75) is 70.5 Å². The number of fused-ring (bicyclic) bond motifs is 1. The average molecular weight is 744 g/mol.